The van der Waals surface area contributed by atoms with Gasteiger partial charge in [-0.15, -0.1) is 0 Å². The molecular formula is C47H74O19. The van der Waals surface area contributed by atoms with Crippen molar-refractivity contribution in [2.45, 2.75) is 197 Å². The second-order valence-corrected chi connectivity index (χ2v) is 22.4. The summed E-state index contributed by atoms with van der Waals surface area (Å²) in [5, 5.41) is 119. The molecule has 5 aliphatic carbocycles. The number of aliphatic hydroxyl groups is 11. The summed E-state index contributed by atoms with van der Waals surface area (Å²) in [6, 6.07) is 0. The summed E-state index contributed by atoms with van der Waals surface area (Å²) in [7, 11) is 0. The van der Waals surface area contributed by atoms with Gasteiger partial charge in [0, 0.05) is 17.4 Å². The Hall–Kier alpha value is -1.47. The third-order valence-corrected chi connectivity index (χ3v) is 19.6. The van der Waals surface area contributed by atoms with Gasteiger partial charge in [-0.2, -0.15) is 0 Å². The van der Waals surface area contributed by atoms with Crippen molar-refractivity contribution in [3.63, 3.8) is 0 Å². The molecule has 26 atom stereocenters. The average molecular weight is 943 g/mol. The Morgan fingerprint density at radius 2 is 1.33 bits per heavy atom. The molecule has 2 spiro atoms. The minimum atomic E-state index is -1.92. The van der Waals surface area contributed by atoms with E-state index in [4.69, 9.17) is 33.2 Å². The number of cyclic esters (lactones) is 1. The molecule has 4 heterocycles. The van der Waals surface area contributed by atoms with Crippen LogP contribution in [0.1, 0.15) is 92.4 Å². The second kappa shape index (κ2) is 17.7. The molecule has 0 unspecified atom stereocenters. The van der Waals surface area contributed by atoms with E-state index in [2.05, 4.69) is 20.8 Å². The van der Waals surface area contributed by atoms with Gasteiger partial charge in [0.25, 0.3) is 0 Å². The lowest BCUT2D eigenvalue weighted by molar-refractivity contribution is -0.384. The van der Waals surface area contributed by atoms with Crippen LogP contribution in [0.15, 0.2) is 11.6 Å². The highest BCUT2D eigenvalue weighted by molar-refractivity contribution is 5.88. The molecule has 19 nitrogen and oxygen atoms in total. The van der Waals surface area contributed by atoms with Gasteiger partial charge >= 0.3 is 5.97 Å². The van der Waals surface area contributed by atoms with Crippen LogP contribution < -0.4 is 0 Å². The zero-order valence-electron chi connectivity index (χ0n) is 38.6. The molecule has 11 N–H and O–H groups in total. The fourth-order valence-corrected chi connectivity index (χ4v) is 15.9. The smallest absolute Gasteiger partial charge is 0.333 e. The van der Waals surface area contributed by atoms with Gasteiger partial charge in [-0.1, -0.05) is 33.8 Å². The van der Waals surface area contributed by atoms with Crippen molar-refractivity contribution in [1.82, 2.24) is 0 Å². The molecule has 0 aromatic heterocycles. The first-order valence-electron chi connectivity index (χ1n) is 24.2. The number of esters is 1. The molecule has 9 rings (SSSR count). The van der Waals surface area contributed by atoms with E-state index in [9.17, 15) is 61.0 Å². The van der Waals surface area contributed by atoms with Gasteiger partial charge in [0.1, 0.15) is 73.2 Å². The van der Waals surface area contributed by atoms with Gasteiger partial charge in [0.05, 0.1) is 38.6 Å². The van der Waals surface area contributed by atoms with Crippen molar-refractivity contribution >= 4 is 5.97 Å². The molecule has 0 aromatic carbocycles. The summed E-state index contributed by atoms with van der Waals surface area (Å²) in [5.41, 5.74) is -0.520. The maximum absolute atomic E-state index is 12.6. The van der Waals surface area contributed by atoms with Crippen LogP contribution in [0, 0.1) is 50.7 Å². The molecule has 9 aliphatic rings. The van der Waals surface area contributed by atoms with Crippen LogP contribution in [0.5, 0.6) is 0 Å². The van der Waals surface area contributed by atoms with E-state index in [-0.39, 0.29) is 64.7 Å². The summed E-state index contributed by atoms with van der Waals surface area (Å²) in [4.78, 5) is 12.6. The van der Waals surface area contributed by atoms with E-state index < -0.39 is 117 Å². The molecule has 5 saturated carbocycles. The molecule has 66 heavy (non-hydrogen) atoms. The number of ether oxygens (including phenoxy) is 7. The minimum Gasteiger partial charge on any atom is -0.458 e. The highest BCUT2D eigenvalue weighted by Crippen LogP contribution is 2.89. The van der Waals surface area contributed by atoms with Gasteiger partial charge in [-0.25, -0.2) is 4.79 Å². The van der Waals surface area contributed by atoms with E-state index in [1.54, 1.807) is 6.92 Å². The second-order valence-electron chi connectivity index (χ2n) is 22.4. The van der Waals surface area contributed by atoms with E-state index in [0.29, 0.717) is 30.8 Å². The maximum Gasteiger partial charge on any atom is 0.333 e. The van der Waals surface area contributed by atoms with Crippen LogP contribution in [0.4, 0.5) is 0 Å². The lowest BCUT2D eigenvalue weighted by atomic mass is 9.41. The summed E-state index contributed by atoms with van der Waals surface area (Å²) in [6.07, 6.45) is -14.9. The topological polar surface area (TPSA) is 304 Å². The summed E-state index contributed by atoms with van der Waals surface area (Å²) in [5.74, 6) is 0.0703. The number of hydrogen-bond acceptors (Lipinski definition) is 19. The lowest BCUT2D eigenvalue weighted by Gasteiger charge is -2.63. The van der Waals surface area contributed by atoms with Crippen molar-refractivity contribution in [3.05, 3.63) is 11.6 Å². The number of aliphatic hydroxyl groups excluding tert-OH is 11. The Labute approximate surface area is 384 Å². The van der Waals surface area contributed by atoms with E-state index in [1.807, 2.05) is 13.0 Å². The Kier molecular flexibility index (Phi) is 13.3. The van der Waals surface area contributed by atoms with E-state index in [1.165, 1.54) is 0 Å². The third kappa shape index (κ3) is 7.26. The predicted molar refractivity (Wildman–Crippen MR) is 225 cm³/mol. The number of carbonyl (C=O) groups excluding carboxylic acids is 1. The number of hydrogen-bond donors (Lipinski definition) is 11. The quantitative estimate of drug-likeness (QED) is 0.0851. The van der Waals surface area contributed by atoms with Crippen molar-refractivity contribution in [2.24, 2.45) is 50.7 Å². The van der Waals surface area contributed by atoms with Crippen LogP contribution >= 0.6 is 0 Å². The van der Waals surface area contributed by atoms with Gasteiger partial charge in [-0.3, -0.25) is 0 Å². The number of rotatable bonds is 11. The van der Waals surface area contributed by atoms with Gasteiger partial charge < -0.3 is 89.3 Å². The largest absolute Gasteiger partial charge is 0.458 e. The highest BCUT2D eigenvalue weighted by atomic mass is 16.8. The van der Waals surface area contributed by atoms with Gasteiger partial charge in [-0.05, 0) is 104 Å². The number of fused-ring (bicyclic) bond motifs is 2. The fraction of sp³-hybridized carbons (Fsp3) is 0.936. The Bertz CT molecular complexity index is 1820. The van der Waals surface area contributed by atoms with Crippen LogP contribution in [-0.4, -0.2) is 193 Å². The molecule has 0 aromatic rings. The molecular weight excluding hydrogens is 868 g/mol. The summed E-state index contributed by atoms with van der Waals surface area (Å²) < 4.78 is 41.7. The van der Waals surface area contributed by atoms with E-state index in [0.717, 1.165) is 38.5 Å². The van der Waals surface area contributed by atoms with Crippen LogP contribution in [0.3, 0.4) is 0 Å². The van der Waals surface area contributed by atoms with Crippen molar-refractivity contribution in [2.75, 3.05) is 26.4 Å². The maximum atomic E-state index is 12.6. The zero-order chi connectivity index (χ0) is 47.6. The van der Waals surface area contributed by atoms with Crippen molar-refractivity contribution in [1.29, 1.82) is 0 Å². The average Bonchev–Trinajstić information content (AvgIpc) is 3.91. The molecule has 3 saturated heterocycles. The molecule has 0 amide bonds. The Morgan fingerprint density at radius 3 is 2.00 bits per heavy atom. The van der Waals surface area contributed by atoms with Gasteiger partial charge in [0.2, 0.25) is 0 Å². The third-order valence-electron chi connectivity index (χ3n) is 19.6. The summed E-state index contributed by atoms with van der Waals surface area (Å²) >= 11 is 0. The Morgan fingerprint density at radius 1 is 0.697 bits per heavy atom. The first kappa shape index (κ1) is 49.5. The molecule has 0 radical (unpaired) electrons. The molecule has 0 bridgehead atoms. The molecule has 19 heteroatoms. The van der Waals surface area contributed by atoms with Gasteiger partial charge in [0.15, 0.2) is 18.9 Å². The number of carbonyl (C=O) groups is 1. The minimum absolute atomic E-state index is 0.0245. The Balaban J connectivity index is 0.896. The normalized spacial score (nSPS) is 56.2. The summed E-state index contributed by atoms with van der Waals surface area (Å²) in [6.45, 7) is 8.63. The van der Waals surface area contributed by atoms with Crippen molar-refractivity contribution in [3.8, 4) is 0 Å². The standard InChI is InChI=1S/C47H74O19/c1-20-6-7-24(61-39(20)59)21(2)30-22(51)14-45(5)28-9-8-27-43(3,19-50)29(10-11-46(27)18-47(28,46)13-12-44(30,45)4)64-42-38(31(53)23(52)17-60-42)66-41-36(58)34(56)37(26(16-49)63-41)65-40-35(57)33(55)32(54)25(15-48)62-40/h6,21-38,40-42,48-58H,7-19H2,1-5H3/t21-,22+,23-,24-,25+,26+,27-,28+,29-,30-,31-,32+,33-,34+,35+,36+,37+,38+,40-,41-,42-,43-,44+,45-,46+,47-/m1/s1. The first-order chi connectivity index (χ1) is 31.2. The fourth-order valence-electron chi connectivity index (χ4n) is 15.9. The van der Waals surface area contributed by atoms with Crippen molar-refractivity contribution < 1.29 is 94.1 Å². The first-order valence-corrected chi connectivity index (χ1v) is 24.2. The molecule has 376 valence electrons. The lowest BCUT2D eigenvalue weighted by Crippen LogP contribution is -2.66. The SMILES string of the molecule is CC1=CC[C@H]([C@@H](C)[C@@H]2[C@@H](O)C[C@]3(C)[C@@H]4CC[C@@H]5[C@@](C)(CO)[C@H](O[C@H]6OC[C@@H](O)[C@@H](O)[C@@H]6O[C@H]6O[C@@H](CO)[C@H](O[C@H]7O[C@@H](CO)[C@H](O)[C@@H](O)[C@@H]7O)[C@@H](O)[C@@H]6O)CC[C@]56C[C@]46CC[C@@]23C)OC1=O. The zero-order valence-corrected chi connectivity index (χ0v) is 38.6. The highest BCUT2D eigenvalue weighted by Gasteiger charge is 2.83. The van der Waals surface area contributed by atoms with Crippen LogP contribution in [-0.2, 0) is 38.0 Å². The van der Waals surface area contributed by atoms with E-state index >= 15 is 0 Å². The molecule has 4 aliphatic heterocycles. The predicted octanol–water partition coefficient (Wildman–Crippen LogP) is -1.26. The van der Waals surface area contributed by atoms with Crippen LogP contribution in [0.2, 0.25) is 0 Å². The monoisotopic (exact) mass is 942 g/mol. The van der Waals surface area contributed by atoms with Crippen LogP contribution in [0.25, 0.3) is 0 Å². The molecule has 8 fully saturated rings.